The van der Waals surface area contributed by atoms with Crippen molar-refractivity contribution in [2.75, 3.05) is 18.6 Å². The molecule has 3 saturated carbocycles. The molecule has 0 saturated heterocycles. The molecule has 0 aromatic heterocycles. The van der Waals surface area contributed by atoms with Crippen LogP contribution < -0.4 is 4.74 Å². The molecule has 4 rings (SSSR count). The van der Waals surface area contributed by atoms with Crippen LogP contribution in [0, 0.1) is 5.41 Å². The number of ether oxygens (including phenoxy) is 1. The van der Waals surface area contributed by atoms with Gasteiger partial charge in [-0.1, -0.05) is 19.1 Å². The van der Waals surface area contributed by atoms with Gasteiger partial charge in [-0.15, -0.1) is 0 Å². The molecule has 0 radical (unpaired) electrons. The first kappa shape index (κ1) is 19.4. The number of fused-ring (bicyclic) bond motifs is 3. The third-order valence-corrected chi connectivity index (χ3v) is 7.61. The maximum absolute atomic E-state index is 12.6. The summed E-state index contributed by atoms with van der Waals surface area (Å²) in [5.74, 6) is 1.10. The van der Waals surface area contributed by atoms with E-state index in [1.165, 1.54) is 11.8 Å². The van der Waals surface area contributed by atoms with Gasteiger partial charge < -0.3 is 4.74 Å². The van der Waals surface area contributed by atoms with Crippen LogP contribution >= 0.6 is 0 Å². The van der Waals surface area contributed by atoms with E-state index in [9.17, 15) is 12.8 Å². The average Bonchev–Trinajstić information content (AvgIpc) is 2.63. The van der Waals surface area contributed by atoms with Gasteiger partial charge in [0.25, 0.3) is 0 Å². The van der Waals surface area contributed by atoms with E-state index < -0.39 is 9.84 Å². The molecule has 0 heterocycles. The number of rotatable bonds is 7. The zero-order chi connectivity index (χ0) is 18.8. The molecule has 3 aliphatic rings. The first-order valence-electron chi connectivity index (χ1n) is 9.49. The van der Waals surface area contributed by atoms with Crippen LogP contribution in [0.25, 0.3) is 0 Å². The Balaban J connectivity index is 1.66. The minimum absolute atomic E-state index is 0.00758. The molecule has 2 bridgehead atoms. The van der Waals surface area contributed by atoms with E-state index >= 15 is 0 Å². The van der Waals surface area contributed by atoms with Gasteiger partial charge in [-0.05, 0) is 79.0 Å². The van der Waals surface area contributed by atoms with Crippen LogP contribution in [0.5, 0.6) is 5.75 Å². The fourth-order valence-corrected chi connectivity index (χ4v) is 6.31. The number of hydrogen-bond acceptors (Lipinski definition) is 3. The minimum atomic E-state index is -2.93. The van der Waals surface area contributed by atoms with E-state index in [-0.39, 0.29) is 17.4 Å². The van der Waals surface area contributed by atoms with Crippen molar-refractivity contribution < 1.29 is 17.5 Å². The lowest BCUT2D eigenvalue weighted by Crippen LogP contribution is -2.47. The quantitative estimate of drug-likeness (QED) is 0.671. The molecule has 1 aromatic carbocycles. The van der Waals surface area contributed by atoms with Crippen molar-refractivity contribution in [1.82, 2.24) is 0 Å². The Kier molecular flexibility index (Phi) is 5.48. The normalized spacial score (nSPS) is 29.0. The zero-order valence-corrected chi connectivity index (χ0v) is 16.6. The van der Waals surface area contributed by atoms with Crippen molar-refractivity contribution in [3.8, 4) is 5.75 Å². The Morgan fingerprint density at radius 1 is 1.12 bits per heavy atom. The second kappa shape index (κ2) is 7.34. The average molecular weight is 381 g/mol. The van der Waals surface area contributed by atoms with Gasteiger partial charge in [-0.25, -0.2) is 12.8 Å². The number of hydrogen-bond donors (Lipinski definition) is 0. The van der Waals surface area contributed by atoms with Gasteiger partial charge in [-0.3, -0.25) is 0 Å². The summed E-state index contributed by atoms with van der Waals surface area (Å²) >= 11 is 0. The van der Waals surface area contributed by atoms with E-state index in [1.807, 2.05) is 19.1 Å². The van der Waals surface area contributed by atoms with E-state index in [0.29, 0.717) is 24.1 Å². The summed E-state index contributed by atoms with van der Waals surface area (Å²) in [6.45, 7) is 2.19. The summed E-state index contributed by atoms with van der Waals surface area (Å²) < 4.78 is 41.8. The molecule has 0 N–H and O–H groups in total. The monoisotopic (exact) mass is 380 g/mol. The summed E-state index contributed by atoms with van der Waals surface area (Å²) in [6.07, 6.45) is 8.82. The van der Waals surface area contributed by atoms with Crippen LogP contribution in [-0.2, 0) is 15.3 Å². The summed E-state index contributed by atoms with van der Waals surface area (Å²) in [4.78, 5) is 0. The van der Waals surface area contributed by atoms with Crippen LogP contribution in [0.15, 0.2) is 36.2 Å². The first-order chi connectivity index (χ1) is 12.3. The van der Waals surface area contributed by atoms with E-state index in [4.69, 9.17) is 4.74 Å². The van der Waals surface area contributed by atoms with Gasteiger partial charge in [0.2, 0.25) is 0 Å². The van der Waals surface area contributed by atoms with Crippen LogP contribution in [0.1, 0.15) is 57.4 Å². The molecule has 0 atom stereocenters. The summed E-state index contributed by atoms with van der Waals surface area (Å²) in [5, 5.41) is 0. The van der Waals surface area contributed by atoms with Crippen LogP contribution in [0.3, 0.4) is 0 Å². The van der Waals surface area contributed by atoms with Crippen LogP contribution in [0.4, 0.5) is 4.39 Å². The summed E-state index contributed by atoms with van der Waals surface area (Å²) in [7, 11) is -2.93. The number of sulfone groups is 1. The highest BCUT2D eigenvalue weighted by Crippen LogP contribution is 2.58. The molecule has 3 fully saturated rings. The lowest BCUT2D eigenvalue weighted by Gasteiger charge is -2.53. The van der Waals surface area contributed by atoms with Crippen molar-refractivity contribution in [2.24, 2.45) is 5.41 Å². The van der Waals surface area contributed by atoms with Crippen LogP contribution in [0.2, 0.25) is 0 Å². The topological polar surface area (TPSA) is 43.4 Å². The molecular weight excluding hydrogens is 351 g/mol. The van der Waals surface area contributed by atoms with Crippen LogP contribution in [-0.4, -0.2) is 27.0 Å². The second-order valence-corrected chi connectivity index (χ2v) is 10.4. The Morgan fingerprint density at radius 3 is 2.15 bits per heavy atom. The van der Waals surface area contributed by atoms with Gasteiger partial charge >= 0.3 is 0 Å². The fourth-order valence-electron chi connectivity index (χ4n) is 4.76. The first-order valence-corrected chi connectivity index (χ1v) is 11.6. The Labute approximate surface area is 156 Å². The number of benzene rings is 1. The smallest absolute Gasteiger partial charge is 0.148 e. The lowest BCUT2D eigenvalue weighted by molar-refractivity contribution is 0.0582. The molecule has 0 spiro atoms. The standard InChI is InChI=1S/C21H29FO3S/c1-3-17(14-22)15-25-19-6-4-18(5-7-19)21-11-8-20(9-12-21,10-13-21)16-26(2,23)24/h4-7,14H,3,8-13,15-16H2,1-2H3/b17-14+. The SMILES string of the molecule is CC/C(=C\F)COc1ccc(C23CCC(CS(C)(=O)=O)(CC2)CC3)cc1. The third kappa shape index (κ3) is 4.13. The molecule has 0 amide bonds. The third-order valence-electron chi connectivity index (χ3n) is 6.47. The molecule has 1 aromatic rings. The zero-order valence-electron chi connectivity index (χ0n) is 15.8. The largest absolute Gasteiger partial charge is 0.489 e. The molecule has 0 aliphatic heterocycles. The van der Waals surface area contributed by atoms with Crippen molar-refractivity contribution in [2.45, 2.75) is 57.3 Å². The maximum Gasteiger partial charge on any atom is 0.148 e. The van der Waals surface area contributed by atoms with Gasteiger partial charge in [0.1, 0.15) is 22.2 Å². The predicted molar refractivity (Wildman–Crippen MR) is 103 cm³/mol. The van der Waals surface area contributed by atoms with Crippen molar-refractivity contribution >= 4 is 9.84 Å². The highest BCUT2D eigenvalue weighted by molar-refractivity contribution is 7.90. The highest BCUT2D eigenvalue weighted by Gasteiger charge is 2.50. The Hall–Kier alpha value is -1.36. The number of halogens is 1. The van der Waals surface area contributed by atoms with Gasteiger partial charge in [0.15, 0.2) is 0 Å². The van der Waals surface area contributed by atoms with Crippen molar-refractivity contribution in [3.63, 3.8) is 0 Å². The Morgan fingerprint density at radius 2 is 1.69 bits per heavy atom. The molecule has 3 aliphatic carbocycles. The molecule has 5 heteroatoms. The molecule has 26 heavy (non-hydrogen) atoms. The van der Waals surface area contributed by atoms with Gasteiger partial charge in [0, 0.05) is 6.26 Å². The highest BCUT2D eigenvalue weighted by atomic mass is 32.2. The lowest BCUT2D eigenvalue weighted by atomic mass is 9.52. The van der Waals surface area contributed by atoms with Gasteiger partial charge in [0.05, 0.1) is 12.1 Å². The van der Waals surface area contributed by atoms with Gasteiger partial charge in [-0.2, -0.15) is 0 Å². The molecular formula is C21H29FO3S. The van der Waals surface area contributed by atoms with E-state index in [1.54, 1.807) is 0 Å². The predicted octanol–water partition coefficient (Wildman–Crippen LogP) is 4.97. The van der Waals surface area contributed by atoms with E-state index in [2.05, 4.69) is 12.1 Å². The molecule has 0 unspecified atom stereocenters. The van der Waals surface area contributed by atoms with Crippen molar-refractivity contribution in [1.29, 1.82) is 0 Å². The second-order valence-electron chi connectivity index (χ2n) is 8.28. The minimum Gasteiger partial charge on any atom is -0.489 e. The molecule has 3 nitrogen and oxygen atoms in total. The Bertz CT molecular complexity index is 740. The van der Waals surface area contributed by atoms with E-state index in [0.717, 1.165) is 44.3 Å². The maximum atomic E-state index is 12.6. The summed E-state index contributed by atoms with van der Waals surface area (Å²) in [6, 6.07) is 8.22. The molecule has 144 valence electrons. The summed E-state index contributed by atoms with van der Waals surface area (Å²) in [5.41, 5.74) is 2.17. The fraction of sp³-hybridized carbons (Fsp3) is 0.619. The van der Waals surface area contributed by atoms with Crippen molar-refractivity contribution in [3.05, 3.63) is 41.7 Å².